The predicted molar refractivity (Wildman–Crippen MR) is 350 cm³/mol. The molecule has 8 heterocycles. The van der Waals surface area contributed by atoms with Crippen molar-refractivity contribution in [2.24, 2.45) is 8.73 Å². The average Bonchev–Trinajstić information content (AvgIpc) is 1.58. The number of benzene rings is 2. The molecule has 0 fully saturated rings. The molecule has 0 N–H and O–H groups in total. The maximum atomic E-state index is 14.1. The maximum Gasteiger partial charge on any atom is 0.270 e. The molecule has 0 bridgehead atoms. The number of fused-ring (bicyclic) bond motifs is 9. The Labute approximate surface area is 533 Å². The molecule has 0 saturated heterocycles. The monoisotopic (exact) mass is 1280 g/mol. The molecule has 14 nitrogen and oxygen atoms in total. The van der Waals surface area contributed by atoms with Crippen LogP contribution in [0.3, 0.4) is 0 Å². The van der Waals surface area contributed by atoms with Gasteiger partial charge < -0.3 is 9.47 Å². The standard InChI is InChI=1S/C66H30N10O4S8/c1-65(2)38-18-47(61-45(79-8)14-30(81-61)12-36-51(29(24-69)25-70)32-10-27(22-67)43(73-6)17-35(32)56(36)78)83-57(38)59-40(65)20-49(85-59)63-53-54(76-88-75-53)64(87-63)50-21-41-60(86-50)58-39(66(41,3)4)19-48(84-58)62-46(80-9)15-31(82-62)13-37-52(44(26-71)74-7)33-16-42(72-5)28(23-68)11-34(33)55(37)77/h10-21H,1-4,8-9H3/b36-12-,37-13-,52-44+. The van der Waals surface area contributed by atoms with Gasteiger partial charge in [0.25, 0.3) is 5.70 Å². The van der Waals surface area contributed by atoms with Crippen molar-refractivity contribution in [3.63, 3.8) is 0 Å². The van der Waals surface area contributed by atoms with Crippen molar-refractivity contribution in [2.45, 2.75) is 38.5 Å². The number of Topliss-reactive ketones (excluding diaryl/α,β-unsaturated/α-hetero) is 2. The molecule has 14 rings (SSSR count). The highest BCUT2D eigenvalue weighted by atomic mass is 32.1. The minimum atomic E-state index is -0.452. The fraction of sp³-hybridized carbons (Fsp3) is 0.121. The Balaban J connectivity index is 0.780. The lowest BCUT2D eigenvalue weighted by atomic mass is 9.83. The molecular weight excluding hydrogens is 1250 g/mol. The molecule has 416 valence electrons. The van der Waals surface area contributed by atoms with Crippen LogP contribution in [-0.2, 0) is 22.2 Å². The smallest absolute Gasteiger partial charge is 0.270 e. The van der Waals surface area contributed by atoms with E-state index in [0.717, 1.165) is 60.1 Å². The molecule has 7 aromatic heterocycles. The average molecular weight is 1280 g/mol. The van der Waals surface area contributed by atoms with Gasteiger partial charge in [0.1, 0.15) is 40.6 Å². The van der Waals surface area contributed by atoms with Crippen molar-refractivity contribution in [1.82, 2.24) is 0 Å². The largest absolute Gasteiger partial charge is 0.495 e. The van der Waals surface area contributed by atoms with Gasteiger partial charge in [0, 0.05) is 93.0 Å². The minimum Gasteiger partial charge on any atom is -0.495 e. The van der Waals surface area contributed by atoms with E-state index < -0.39 is 11.6 Å². The topological polar surface area (TPSA) is 209 Å². The number of nitrogens with zero attached hydrogens (tertiary/aromatic N) is 10. The van der Waals surface area contributed by atoms with Crippen LogP contribution in [-0.4, -0.2) is 25.8 Å². The Bertz CT molecular complexity index is 5090. The van der Waals surface area contributed by atoms with Crippen LogP contribution >= 0.6 is 79.4 Å². The van der Waals surface area contributed by atoms with E-state index >= 15 is 0 Å². The summed E-state index contributed by atoms with van der Waals surface area (Å²) >= 11 is 12.6. The van der Waals surface area contributed by atoms with Crippen molar-refractivity contribution in [2.75, 3.05) is 14.2 Å². The first-order valence-electron chi connectivity index (χ1n) is 26.2. The van der Waals surface area contributed by atoms with Crippen LogP contribution in [0.25, 0.3) is 96.4 Å². The third-order valence-electron chi connectivity index (χ3n) is 16.2. The van der Waals surface area contributed by atoms with E-state index in [0.29, 0.717) is 21.3 Å². The van der Waals surface area contributed by atoms with Gasteiger partial charge in [-0.3, -0.25) is 9.59 Å². The number of hydrogen-bond acceptors (Lipinski definition) is 18. The lowest BCUT2D eigenvalue weighted by molar-refractivity contribution is 0.103. The van der Waals surface area contributed by atoms with Crippen LogP contribution in [0.2, 0.25) is 0 Å². The van der Waals surface area contributed by atoms with E-state index in [4.69, 9.17) is 37.9 Å². The minimum absolute atomic E-state index is 0.0119. The summed E-state index contributed by atoms with van der Waals surface area (Å²) in [7, 11) is 3.19. The zero-order valence-electron chi connectivity index (χ0n) is 46.3. The molecule has 88 heavy (non-hydrogen) atoms. The summed E-state index contributed by atoms with van der Waals surface area (Å²) in [5, 5.41) is 49.6. The number of thiophene rings is 7. The summed E-state index contributed by atoms with van der Waals surface area (Å²) in [4.78, 5) is 52.5. The molecule has 22 heteroatoms. The lowest BCUT2D eigenvalue weighted by Gasteiger charge is -2.19. The normalized spacial score (nSPS) is 16.0. The van der Waals surface area contributed by atoms with Gasteiger partial charge in [-0.25, -0.2) is 19.8 Å². The highest BCUT2D eigenvalue weighted by Crippen LogP contribution is 2.65. The summed E-state index contributed by atoms with van der Waals surface area (Å²) in [6.07, 6.45) is 3.31. The second kappa shape index (κ2) is 20.3. The number of carbonyl (C=O) groups is 2. The second-order valence-corrected chi connectivity index (χ2v) is 29.4. The first-order chi connectivity index (χ1) is 42.5. The fourth-order valence-electron chi connectivity index (χ4n) is 11.9. The predicted octanol–water partition coefficient (Wildman–Crippen LogP) is 19.5. The van der Waals surface area contributed by atoms with E-state index in [2.05, 4.69) is 66.5 Å². The summed E-state index contributed by atoms with van der Waals surface area (Å²) < 4.78 is 21.7. The first-order valence-corrected chi connectivity index (χ1v) is 32.6. The van der Waals surface area contributed by atoms with Crippen LogP contribution in [0.1, 0.15) is 103 Å². The molecule has 4 aliphatic carbocycles. The Kier molecular flexibility index (Phi) is 12.9. The molecule has 2 aromatic carbocycles. The number of carbonyl (C=O) groups excluding carboxylic acids is 2. The van der Waals surface area contributed by atoms with E-state index in [-0.39, 0.29) is 89.1 Å². The molecule has 0 saturated carbocycles. The van der Waals surface area contributed by atoms with Crippen molar-refractivity contribution in [3.8, 4) is 100 Å². The lowest BCUT2D eigenvalue weighted by Crippen LogP contribution is -2.13. The van der Waals surface area contributed by atoms with Gasteiger partial charge in [0.15, 0.2) is 11.6 Å². The van der Waals surface area contributed by atoms with Crippen molar-refractivity contribution >= 4 is 148 Å². The molecule has 1 aliphatic heterocycles. The van der Waals surface area contributed by atoms with E-state index in [1.807, 2.05) is 42.5 Å². The Morgan fingerprint density at radius 1 is 0.500 bits per heavy atom. The Morgan fingerprint density at radius 3 is 1.30 bits per heavy atom. The molecule has 0 amide bonds. The third kappa shape index (κ3) is 7.94. The number of methoxy groups -OCH3 is 2. The molecule has 0 atom stereocenters. The highest BCUT2D eigenvalue weighted by molar-refractivity contribution is 7.58. The fourth-order valence-corrected chi connectivity index (χ4v) is 21.9. The SMILES string of the molecule is [C-]#[N+]/C(C#N)=C1/C(=C/c2cc(OC)c(-c3cc4c(s3)-c3sc(-c5sc(-c6cc7c(s6)-c6sc(-c8sc(/C=C9\C(=O)c%10cc([N+]#[C-])c(C#N)cc%10C9=C(C#N)C#N)cc8OC)cc6C7(C)C)c6c5N=S=N6)cc3C4(C)C)s2)C(=O)c2cc(C#N)c([N+]#[C-])cc21. The molecule has 0 unspecified atom stereocenters. The van der Waals surface area contributed by atoms with Crippen molar-refractivity contribution in [1.29, 1.82) is 26.3 Å². The van der Waals surface area contributed by atoms with Crippen LogP contribution in [0.4, 0.5) is 22.7 Å². The zero-order chi connectivity index (χ0) is 61.6. The van der Waals surface area contributed by atoms with Crippen LogP contribution in [0.5, 0.6) is 11.5 Å². The van der Waals surface area contributed by atoms with Gasteiger partial charge in [-0.2, -0.15) is 29.8 Å². The Hall–Kier alpha value is -10.0. The molecule has 0 spiro atoms. The van der Waals surface area contributed by atoms with Gasteiger partial charge >= 0.3 is 0 Å². The quantitative estimate of drug-likeness (QED) is 0.0803. The van der Waals surface area contributed by atoms with Crippen LogP contribution < -0.4 is 9.47 Å². The maximum absolute atomic E-state index is 14.1. The first kappa shape index (κ1) is 55.8. The summed E-state index contributed by atoms with van der Waals surface area (Å²) in [6, 6.07) is 28.0. The number of ketones is 2. The molecule has 9 aromatic rings. The van der Waals surface area contributed by atoms with E-state index in [9.17, 15) is 35.9 Å². The van der Waals surface area contributed by atoms with Gasteiger partial charge in [-0.1, -0.05) is 27.7 Å². The number of nitriles is 5. The molecule has 0 radical (unpaired) electrons. The van der Waals surface area contributed by atoms with E-state index in [1.165, 1.54) is 90.3 Å². The van der Waals surface area contributed by atoms with Gasteiger partial charge in [-0.15, -0.1) is 79.4 Å². The van der Waals surface area contributed by atoms with Crippen molar-refractivity contribution < 1.29 is 19.1 Å². The summed E-state index contributed by atoms with van der Waals surface area (Å²) in [5.74, 6) is 0.298. The van der Waals surface area contributed by atoms with Gasteiger partial charge in [-0.05, 0) is 106 Å². The van der Waals surface area contributed by atoms with Crippen LogP contribution in [0, 0.1) is 76.4 Å². The zero-order valence-corrected chi connectivity index (χ0v) is 52.8. The highest BCUT2D eigenvalue weighted by Gasteiger charge is 2.44. The van der Waals surface area contributed by atoms with Crippen LogP contribution in [0.15, 0.2) is 91.8 Å². The number of hydrogen-bond donors (Lipinski definition) is 0. The third-order valence-corrected chi connectivity index (χ3v) is 25.6. The van der Waals surface area contributed by atoms with Crippen molar-refractivity contribution in [3.05, 3.63) is 183 Å². The number of rotatable bonds is 8. The van der Waals surface area contributed by atoms with E-state index in [1.54, 1.807) is 83.1 Å². The molecular formula is C66H30N10O4S8. The summed E-state index contributed by atoms with van der Waals surface area (Å²) in [5.41, 5.74) is 6.77. The second-order valence-electron chi connectivity index (χ2n) is 21.5. The summed E-state index contributed by atoms with van der Waals surface area (Å²) in [6.45, 7) is 32.0. The van der Waals surface area contributed by atoms with Gasteiger partial charge in [0.05, 0.1) is 94.1 Å². The molecule has 5 aliphatic rings. The number of allylic oxidation sites excluding steroid dienone is 6. The number of ether oxygens (including phenoxy) is 2. The van der Waals surface area contributed by atoms with Gasteiger partial charge in [0.2, 0.25) is 11.4 Å². The Morgan fingerprint density at radius 2 is 0.898 bits per heavy atom.